The molecule has 0 bridgehead atoms. The summed E-state index contributed by atoms with van der Waals surface area (Å²) in [7, 11) is 0. The number of rotatable bonds is 3. The van der Waals surface area contributed by atoms with Gasteiger partial charge in [0.25, 0.3) is 0 Å². The lowest BCUT2D eigenvalue weighted by Gasteiger charge is -2.14. The number of hydrogen-bond acceptors (Lipinski definition) is 2. The molecule has 0 aliphatic carbocycles. The monoisotopic (exact) mass is 285 g/mol. The molecule has 1 heterocycles. The Morgan fingerprint density at radius 2 is 1.90 bits per heavy atom. The van der Waals surface area contributed by atoms with Crippen LogP contribution < -0.4 is 5.73 Å². The molecule has 1 aromatic heterocycles. The molecule has 3 aromatic rings. The van der Waals surface area contributed by atoms with Gasteiger partial charge in [-0.25, -0.2) is 4.98 Å². The van der Waals surface area contributed by atoms with E-state index in [1.54, 1.807) is 0 Å². The topological polar surface area (TPSA) is 43.8 Å². The van der Waals surface area contributed by atoms with Crippen LogP contribution in [0.15, 0.2) is 48.5 Å². The number of para-hydroxylation sites is 1. The second kappa shape index (κ2) is 5.17. The van der Waals surface area contributed by atoms with E-state index in [-0.39, 0.29) is 0 Å². The third kappa shape index (κ3) is 2.25. The third-order valence-electron chi connectivity index (χ3n) is 3.58. The Labute approximate surface area is 123 Å². The van der Waals surface area contributed by atoms with Gasteiger partial charge in [0, 0.05) is 6.54 Å². The minimum atomic E-state index is 0.356. The summed E-state index contributed by atoms with van der Waals surface area (Å²) >= 11 is 6.16. The van der Waals surface area contributed by atoms with Crippen LogP contribution in [0.4, 0.5) is 5.95 Å². The number of anilines is 1. The second-order valence-electron chi connectivity index (χ2n) is 5.00. The summed E-state index contributed by atoms with van der Waals surface area (Å²) in [6.07, 6.45) is 0. The highest BCUT2D eigenvalue weighted by atomic mass is 35.5. The van der Waals surface area contributed by atoms with Crippen LogP contribution in [0, 0.1) is 0 Å². The maximum atomic E-state index is 6.16. The van der Waals surface area contributed by atoms with E-state index in [9.17, 15) is 0 Å². The number of halogens is 1. The number of imidazole rings is 1. The fraction of sp³-hybridized carbons (Fsp3) is 0.188. The highest BCUT2D eigenvalue weighted by Gasteiger charge is 2.13. The van der Waals surface area contributed by atoms with Crippen molar-refractivity contribution in [1.82, 2.24) is 9.55 Å². The van der Waals surface area contributed by atoms with Crippen LogP contribution in [0.2, 0.25) is 5.02 Å². The zero-order valence-corrected chi connectivity index (χ0v) is 12.0. The predicted octanol–water partition coefficient (Wildman–Crippen LogP) is 4.08. The summed E-state index contributed by atoms with van der Waals surface area (Å²) in [4.78, 5) is 4.37. The van der Waals surface area contributed by atoms with Gasteiger partial charge in [0.1, 0.15) is 5.52 Å². The molecule has 1 atom stereocenters. The Hall–Kier alpha value is -2.00. The lowest BCUT2D eigenvalue weighted by Crippen LogP contribution is -2.09. The van der Waals surface area contributed by atoms with Gasteiger partial charge in [-0.3, -0.25) is 0 Å². The average molecular weight is 286 g/mol. The van der Waals surface area contributed by atoms with E-state index in [2.05, 4.69) is 36.2 Å². The van der Waals surface area contributed by atoms with Crippen LogP contribution in [0.3, 0.4) is 0 Å². The number of fused-ring (bicyclic) bond motifs is 1. The summed E-state index contributed by atoms with van der Waals surface area (Å²) in [5.41, 5.74) is 9.08. The highest BCUT2D eigenvalue weighted by molar-refractivity contribution is 6.35. The van der Waals surface area contributed by atoms with Crippen LogP contribution in [0.5, 0.6) is 0 Å². The molecule has 0 aliphatic heterocycles. The van der Waals surface area contributed by atoms with Crippen molar-refractivity contribution in [3.63, 3.8) is 0 Å². The first-order valence-corrected chi connectivity index (χ1v) is 7.00. The van der Waals surface area contributed by atoms with Gasteiger partial charge in [-0.05, 0) is 23.6 Å². The van der Waals surface area contributed by atoms with E-state index in [0.717, 1.165) is 17.6 Å². The number of benzene rings is 2. The van der Waals surface area contributed by atoms with Crippen molar-refractivity contribution in [2.24, 2.45) is 0 Å². The lowest BCUT2D eigenvalue weighted by molar-refractivity contribution is 0.617. The fourth-order valence-corrected chi connectivity index (χ4v) is 2.70. The minimum Gasteiger partial charge on any atom is -0.369 e. The summed E-state index contributed by atoms with van der Waals surface area (Å²) in [6.45, 7) is 2.97. The lowest BCUT2D eigenvalue weighted by atomic mass is 10.0. The molecule has 3 rings (SSSR count). The summed E-state index contributed by atoms with van der Waals surface area (Å²) < 4.78 is 2.03. The molecule has 2 N–H and O–H groups in total. The van der Waals surface area contributed by atoms with Crippen molar-refractivity contribution < 1.29 is 0 Å². The molecule has 4 heteroatoms. The largest absolute Gasteiger partial charge is 0.369 e. The SMILES string of the molecule is CC(Cn1c(N)nc2c(Cl)cccc21)c1ccccc1. The van der Waals surface area contributed by atoms with Crippen LogP contribution in [-0.4, -0.2) is 9.55 Å². The summed E-state index contributed by atoms with van der Waals surface area (Å²) in [5.74, 6) is 0.866. The van der Waals surface area contributed by atoms with E-state index in [0.29, 0.717) is 16.9 Å². The van der Waals surface area contributed by atoms with E-state index < -0.39 is 0 Å². The van der Waals surface area contributed by atoms with Crippen LogP contribution in [0.1, 0.15) is 18.4 Å². The van der Waals surface area contributed by atoms with Crippen molar-refractivity contribution in [2.75, 3.05) is 5.73 Å². The van der Waals surface area contributed by atoms with Gasteiger partial charge in [-0.2, -0.15) is 0 Å². The van der Waals surface area contributed by atoms with Crippen LogP contribution >= 0.6 is 11.6 Å². The summed E-state index contributed by atoms with van der Waals surface area (Å²) in [5, 5.41) is 0.639. The predicted molar refractivity (Wildman–Crippen MR) is 84.0 cm³/mol. The van der Waals surface area contributed by atoms with E-state index >= 15 is 0 Å². The molecule has 102 valence electrons. The van der Waals surface area contributed by atoms with Gasteiger partial charge in [0.2, 0.25) is 5.95 Å². The van der Waals surface area contributed by atoms with Gasteiger partial charge >= 0.3 is 0 Å². The number of hydrogen-bond donors (Lipinski definition) is 1. The van der Waals surface area contributed by atoms with Crippen molar-refractivity contribution in [2.45, 2.75) is 19.4 Å². The van der Waals surface area contributed by atoms with E-state index in [4.69, 9.17) is 17.3 Å². The normalized spacial score (nSPS) is 12.7. The van der Waals surface area contributed by atoms with Crippen molar-refractivity contribution in [3.05, 3.63) is 59.1 Å². The molecule has 0 fully saturated rings. The number of nitrogens with zero attached hydrogens (tertiary/aromatic N) is 2. The average Bonchev–Trinajstić information content (AvgIpc) is 2.78. The molecular weight excluding hydrogens is 270 g/mol. The minimum absolute atomic E-state index is 0.356. The molecule has 2 aromatic carbocycles. The van der Waals surface area contributed by atoms with Crippen LogP contribution in [0.25, 0.3) is 11.0 Å². The van der Waals surface area contributed by atoms with Crippen molar-refractivity contribution in [3.8, 4) is 0 Å². The second-order valence-corrected chi connectivity index (χ2v) is 5.41. The molecule has 20 heavy (non-hydrogen) atoms. The Balaban J connectivity index is 1.99. The first kappa shape index (κ1) is 13.0. The molecule has 1 unspecified atom stereocenters. The molecule has 0 spiro atoms. The smallest absolute Gasteiger partial charge is 0.201 e. The molecule has 0 saturated heterocycles. The highest BCUT2D eigenvalue weighted by Crippen LogP contribution is 2.27. The van der Waals surface area contributed by atoms with Gasteiger partial charge in [0.15, 0.2) is 0 Å². The number of nitrogens with two attached hydrogens (primary N) is 1. The Morgan fingerprint density at radius 1 is 1.15 bits per heavy atom. The van der Waals surface area contributed by atoms with Gasteiger partial charge in [-0.15, -0.1) is 0 Å². The van der Waals surface area contributed by atoms with Gasteiger partial charge < -0.3 is 10.3 Å². The molecule has 0 saturated carbocycles. The first-order chi connectivity index (χ1) is 9.66. The number of aromatic nitrogens is 2. The van der Waals surface area contributed by atoms with Crippen molar-refractivity contribution >= 4 is 28.6 Å². The van der Waals surface area contributed by atoms with Crippen LogP contribution in [-0.2, 0) is 6.54 Å². The van der Waals surface area contributed by atoms with E-state index in [1.165, 1.54) is 5.56 Å². The van der Waals surface area contributed by atoms with E-state index in [1.807, 2.05) is 28.8 Å². The zero-order valence-electron chi connectivity index (χ0n) is 11.3. The molecule has 3 nitrogen and oxygen atoms in total. The number of nitrogen functional groups attached to an aromatic ring is 1. The van der Waals surface area contributed by atoms with Crippen molar-refractivity contribution in [1.29, 1.82) is 0 Å². The standard InChI is InChI=1S/C16H16ClN3/c1-11(12-6-3-2-4-7-12)10-20-14-9-5-8-13(17)15(14)19-16(20)18/h2-9,11H,10H2,1H3,(H2,18,19). The Kier molecular flexibility index (Phi) is 3.36. The molecule has 0 radical (unpaired) electrons. The quantitative estimate of drug-likeness (QED) is 0.788. The third-order valence-corrected chi connectivity index (χ3v) is 3.89. The molecule has 0 amide bonds. The maximum Gasteiger partial charge on any atom is 0.201 e. The molecular formula is C16H16ClN3. The maximum absolute atomic E-state index is 6.16. The first-order valence-electron chi connectivity index (χ1n) is 6.62. The Bertz CT molecular complexity index is 734. The van der Waals surface area contributed by atoms with Gasteiger partial charge in [-0.1, -0.05) is 54.9 Å². The van der Waals surface area contributed by atoms with Gasteiger partial charge in [0.05, 0.1) is 10.5 Å². The Morgan fingerprint density at radius 3 is 2.65 bits per heavy atom. The molecule has 0 aliphatic rings. The zero-order chi connectivity index (χ0) is 14.1. The fourth-order valence-electron chi connectivity index (χ4n) is 2.48. The summed E-state index contributed by atoms with van der Waals surface area (Å²) in [6, 6.07) is 16.2.